The van der Waals surface area contributed by atoms with Crippen LogP contribution in [0, 0.1) is 5.82 Å². The summed E-state index contributed by atoms with van der Waals surface area (Å²) in [5.41, 5.74) is 0.688. The first-order valence-corrected chi connectivity index (χ1v) is 8.11. The van der Waals surface area contributed by atoms with Gasteiger partial charge in [0.05, 0.1) is 0 Å². The fourth-order valence-electron chi connectivity index (χ4n) is 2.98. The smallest absolute Gasteiger partial charge is 0.297 e. The van der Waals surface area contributed by atoms with E-state index in [1.807, 2.05) is 6.07 Å². The van der Waals surface area contributed by atoms with Crippen LogP contribution in [0.4, 0.5) is 17.6 Å². The molecule has 0 amide bonds. The van der Waals surface area contributed by atoms with Crippen molar-refractivity contribution in [2.75, 3.05) is 26.2 Å². The number of aromatic nitrogens is 1. The highest BCUT2D eigenvalue weighted by Crippen LogP contribution is 2.28. The molecule has 1 aromatic heterocycles. The van der Waals surface area contributed by atoms with Gasteiger partial charge in [-0.25, -0.2) is 4.39 Å². The molecule has 0 radical (unpaired) electrons. The van der Waals surface area contributed by atoms with Crippen LogP contribution >= 0.6 is 0 Å². The molecule has 0 atom stereocenters. The second-order valence-electron chi connectivity index (χ2n) is 6.23. The van der Waals surface area contributed by atoms with E-state index in [1.165, 1.54) is 18.3 Å². The molecule has 0 aliphatic carbocycles. The van der Waals surface area contributed by atoms with Gasteiger partial charge in [0.25, 0.3) is 0 Å². The average molecular weight is 353 g/mol. The third-order valence-electron chi connectivity index (χ3n) is 4.28. The lowest BCUT2D eigenvalue weighted by Gasteiger charge is -2.34. The van der Waals surface area contributed by atoms with E-state index < -0.39 is 11.9 Å². The number of nitrogens with zero attached hydrogens (tertiary/aromatic N) is 3. The molecule has 1 aliphatic rings. The molecule has 3 rings (SSSR count). The number of hydrogen-bond acceptors (Lipinski definition) is 3. The monoisotopic (exact) mass is 353 g/mol. The van der Waals surface area contributed by atoms with E-state index in [1.54, 1.807) is 12.1 Å². The average Bonchev–Trinajstić information content (AvgIpc) is 2.56. The zero-order valence-electron chi connectivity index (χ0n) is 13.6. The maximum atomic E-state index is 13.2. The van der Waals surface area contributed by atoms with Crippen LogP contribution in [0.25, 0.3) is 0 Å². The van der Waals surface area contributed by atoms with Crippen LogP contribution in [0.5, 0.6) is 0 Å². The summed E-state index contributed by atoms with van der Waals surface area (Å²) in [6, 6.07) is 9.27. The fourth-order valence-corrected chi connectivity index (χ4v) is 2.98. The summed E-state index contributed by atoms with van der Waals surface area (Å²) in [5.74, 6) is -0.241. The van der Waals surface area contributed by atoms with Gasteiger partial charge in [0.15, 0.2) is 0 Å². The van der Waals surface area contributed by atoms with Gasteiger partial charge in [-0.15, -0.1) is 0 Å². The SMILES string of the molecule is Fc1cccc(CN2CCN(Cc3ccnc(C(F)(F)F)c3)CC2)c1. The summed E-state index contributed by atoms with van der Waals surface area (Å²) < 4.78 is 51.4. The minimum atomic E-state index is -4.42. The van der Waals surface area contributed by atoms with Crippen molar-refractivity contribution in [1.82, 2.24) is 14.8 Å². The summed E-state index contributed by atoms with van der Waals surface area (Å²) in [5, 5.41) is 0. The first kappa shape index (κ1) is 17.8. The Morgan fingerprint density at radius 2 is 1.48 bits per heavy atom. The number of piperazine rings is 1. The van der Waals surface area contributed by atoms with Gasteiger partial charge in [-0.3, -0.25) is 14.8 Å². The van der Waals surface area contributed by atoms with Crippen LogP contribution in [0.2, 0.25) is 0 Å². The molecule has 1 saturated heterocycles. The van der Waals surface area contributed by atoms with Crippen LogP contribution in [0.15, 0.2) is 42.6 Å². The van der Waals surface area contributed by atoms with Gasteiger partial charge >= 0.3 is 6.18 Å². The van der Waals surface area contributed by atoms with Gasteiger partial charge in [0, 0.05) is 45.5 Å². The van der Waals surface area contributed by atoms with Crippen molar-refractivity contribution < 1.29 is 17.6 Å². The Morgan fingerprint density at radius 3 is 2.04 bits per heavy atom. The van der Waals surface area contributed by atoms with Crippen molar-refractivity contribution in [2.24, 2.45) is 0 Å². The van der Waals surface area contributed by atoms with E-state index >= 15 is 0 Å². The van der Waals surface area contributed by atoms with E-state index in [9.17, 15) is 17.6 Å². The second-order valence-corrected chi connectivity index (χ2v) is 6.23. The molecule has 1 fully saturated rings. The van der Waals surface area contributed by atoms with E-state index in [-0.39, 0.29) is 5.82 Å². The number of pyridine rings is 1. The Labute approximate surface area is 143 Å². The summed E-state index contributed by atoms with van der Waals surface area (Å²) >= 11 is 0. The number of alkyl halides is 3. The Hall–Kier alpha value is -1.99. The van der Waals surface area contributed by atoms with E-state index in [2.05, 4.69) is 14.8 Å². The lowest BCUT2D eigenvalue weighted by Crippen LogP contribution is -2.45. The van der Waals surface area contributed by atoms with Crippen LogP contribution < -0.4 is 0 Å². The van der Waals surface area contributed by atoms with Gasteiger partial charge < -0.3 is 0 Å². The van der Waals surface area contributed by atoms with Crippen molar-refractivity contribution in [2.45, 2.75) is 19.3 Å². The van der Waals surface area contributed by atoms with Gasteiger partial charge in [0.1, 0.15) is 11.5 Å². The maximum Gasteiger partial charge on any atom is 0.433 e. The Balaban J connectivity index is 1.53. The zero-order valence-corrected chi connectivity index (χ0v) is 13.6. The number of halogens is 4. The molecular weight excluding hydrogens is 334 g/mol. The van der Waals surface area contributed by atoms with Crippen molar-refractivity contribution in [1.29, 1.82) is 0 Å². The summed E-state index contributed by atoms with van der Waals surface area (Å²) in [6.45, 7) is 4.28. The molecule has 7 heteroatoms. The van der Waals surface area contributed by atoms with Crippen molar-refractivity contribution in [3.05, 3.63) is 65.2 Å². The van der Waals surface area contributed by atoms with E-state index in [0.717, 1.165) is 37.8 Å². The largest absolute Gasteiger partial charge is 0.433 e. The maximum absolute atomic E-state index is 13.2. The number of benzene rings is 1. The van der Waals surface area contributed by atoms with Gasteiger partial charge in [0.2, 0.25) is 0 Å². The van der Waals surface area contributed by atoms with Crippen LogP contribution in [0.3, 0.4) is 0 Å². The standard InChI is InChI=1S/C18H19F4N3/c19-16-3-1-2-14(10-16)12-24-6-8-25(9-7-24)13-15-4-5-23-17(11-15)18(20,21)22/h1-5,10-11H,6-9,12-13H2. The molecule has 134 valence electrons. The lowest BCUT2D eigenvalue weighted by molar-refractivity contribution is -0.141. The summed E-state index contributed by atoms with van der Waals surface area (Å²) in [4.78, 5) is 7.73. The molecule has 1 aliphatic heterocycles. The summed E-state index contributed by atoms with van der Waals surface area (Å²) in [7, 11) is 0. The topological polar surface area (TPSA) is 19.4 Å². The van der Waals surface area contributed by atoms with Gasteiger partial charge in [-0.2, -0.15) is 13.2 Å². The van der Waals surface area contributed by atoms with E-state index in [4.69, 9.17) is 0 Å². The molecule has 2 heterocycles. The Morgan fingerprint density at radius 1 is 0.880 bits per heavy atom. The molecule has 0 N–H and O–H groups in total. The Bertz CT molecular complexity index is 709. The van der Waals surface area contributed by atoms with Crippen LogP contribution in [-0.4, -0.2) is 41.0 Å². The predicted molar refractivity (Wildman–Crippen MR) is 86.2 cm³/mol. The molecular formula is C18H19F4N3. The highest BCUT2D eigenvalue weighted by molar-refractivity contribution is 5.19. The molecule has 0 saturated carbocycles. The highest BCUT2D eigenvalue weighted by atomic mass is 19.4. The third kappa shape index (κ3) is 4.99. The normalized spacial score (nSPS) is 17.0. The van der Waals surface area contributed by atoms with E-state index in [0.29, 0.717) is 18.7 Å². The predicted octanol–water partition coefficient (Wildman–Crippen LogP) is 3.56. The van der Waals surface area contributed by atoms with Crippen molar-refractivity contribution in [3.63, 3.8) is 0 Å². The highest BCUT2D eigenvalue weighted by Gasteiger charge is 2.32. The van der Waals surface area contributed by atoms with Crippen LogP contribution in [-0.2, 0) is 19.3 Å². The molecule has 0 bridgehead atoms. The zero-order chi connectivity index (χ0) is 17.9. The molecule has 25 heavy (non-hydrogen) atoms. The quantitative estimate of drug-likeness (QED) is 0.784. The molecule has 1 aromatic carbocycles. The van der Waals surface area contributed by atoms with Crippen LogP contribution in [0.1, 0.15) is 16.8 Å². The van der Waals surface area contributed by atoms with Gasteiger partial charge in [-0.1, -0.05) is 12.1 Å². The molecule has 3 nitrogen and oxygen atoms in total. The fraction of sp³-hybridized carbons (Fsp3) is 0.389. The third-order valence-corrected chi connectivity index (χ3v) is 4.28. The minimum absolute atomic E-state index is 0.241. The lowest BCUT2D eigenvalue weighted by atomic mass is 10.1. The molecule has 0 unspecified atom stereocenters. The molecule has 0 spiro atoms. The first-order valence-electron chi connectivity index (χ1n) is 8.11. The second kappa shape index (κ2) is 7.49. The van der Waals surface area contributed by atoms with Crippen molar-refractivity contribution in [3.8, 4) is 0 Å². The minimum Gasteiger partial charge on any atom is -0.297 e. The number of rotatable bonds is 4. The first-order chi connectivity index (χ1) is 11.9. The molecule has 2 aromatic rings. The Kier molecular flexibility index (Phi) is 5.34. The number of hydrogen-bond donors (Lipinski definition) is 0. The van der Waals surface area contributed by atoms with Gasteiger partial charge in [-0.05, 0) is 35.4 Å². The van der Waals surface area contributed by atoms with Crippen molar-refractivity contribution >= 4 is 0 Å². The summed E-state index contributed by atoms with van der Waals surface area (Å²) in [6.07, 6.45) is -3.21.